The fraction of sp³-hybridized carbons (Fsp3) is 0.781. The summed E-state index contributed by atoms with van der Waals surface area (Å²) in [5.41, 5.74) is -5.51. The number of ether oxygens (including phenoxy) is 3. The number of unbranched alkanes of at least 4 members (excludes halogenated alkanes) is 9. The van der Waals surface area contributed by atoms with E-state index in [9.17, 15) is 58.3 Å². The van der Waals surface area contributed by atoms with Crippen molar-refractivity contribution in [2.24, 2.45) is 5.92 Å². The first-order valence-corrected chi connectivity index (χ1v) is 15.7. The molecule has 1 unspecified atom stereocenters. The molecule has 0 N–H and O–H groups in total. The summed E-state index contributed by atoms with van der Waals surface area (Å²) < 4.78 is 139. The van der Waals surface area contributed by atoms with Gasteiger partial charge < -0.3 is 14.2 Å². The highest BCUT2D eigenvalue weighted by atomic mass is 19.4. The Bertz CT molecular complexity index is 901. The monoisotopic (exact) mass is 720 g/mol. The Balaban J connectivity index is -0.000000740. The minimum absolute atomic E-state index is 0.211. The van der Waals surface area contributed by atoms with Crippen molar-refractivity contribution in [3.63, 3.8) is 0 Å². The zero-order valence-electron chi connectivity index (χ0n) is 28.1. The summed E-state index contributed by atoms with van der Waals surface area (Å²) in [5.74, 6) is -4.74. The molecule has 0 aliphatic carbocycles. The van der Waals surface area contributed by atoms with E-state index in [1.54, 1.807) is 13.8 Å². The molecule has 6 nitrogen and oxygen atoms in total. The van der Waals surface area contributed by atoms with Gasteiger partial charge in [0.15, 0.2) is 0 Å². The second kappa shape index (κ2) is 26.1. The van der Waals surface area contributed by atoms with Crippen LogP contribution in [0.4, 0.5) is 43.9 Å². The first kappa shape index (κ1) is 49.6. The van der Waals surface area contributed by atoms with E-state index >= 15 is 0 Å². The van der Waals surface area contributed by atoms with Gasteiger partial charge in [0.25, 0.3) is 5.67 Å². The zero-order chi connectivity index (χ0) is 38.0. The van der Waals surface area contributed by atoms with Crippen molar-refractivity contribution in [2.75, 3.05) is 19.8 Å². The Hall–Kier alpha value is -2.81. The number of esters is 3. The molecule has 0 aromatic heterocycles. The van der Waals surface area contributed by atoms with Gasteiger partial charge in [-0.3, -0.25) is 4.79 Å². The summed E-state index contributed by atoms with van der Waals surface area (Å²) in [6.45, 7) is 13.9. The second-order valence-electron chi connectivity index (χ2n) is 10.8. The summed E-state index contributed by atoms with van der Waals surface area (Å²) in [7, 11) is 0. The average molecular weight is 721 g/mol. The molecule has 1 atom stereocenters. The molecule has 0 spiro atoms. The van der Waals surface area contributed by atoms with Gasteiger partial charge in [0.1, 0.15) is 0 Å². The van der Waals surface area contributed by atoms with Gasteiger partial charge in [-0.2, -0.15) is 39.5 Å². The third-order valence-electron chi connectivity index (χ3n) is 6.42. The van der Waals surface area contributed by atoms with Crippen molar-refractivity contribution in [1.29, 1.82) is 0 Å². The number of carbonyl (C=O) groups is 3. The summed E-state index contributed by atoms with van der Waals surface area (Å²) in [6, 6.07) is 0. The van der Waals surface area contributed by atoms with Crippen molar-refractivity contribution in [2.45, 2.75) is 135 Å². The Kier molecular flexibility index (Phi) is 27.0. The highest BCUT2D eigenvalue weighted by Gasteiger charge is 2.73. The maximum absolute atomic E-state index is 13.4. The maximum atomic E-state index is 13.4. The van der Waals surface area contributed by atoms with Gasteiger partial charge in [0, 0.05) is 25.0 Å². The molecule has 48 heavy (non-hydrogen) atoms. The summed E-state index contributed by atoms with van der Waals surface area (Å²) in [5, 5.41) is 0. The third kappa shape index (κ3) is 25.2. The molecule has 0 radical (unpaired) electrons. The van der Waals surface area contributed by atoms with Gasteiger partial charge in [0.05, 0.1) is 25.7 Å². The number of rotatable bonds is 20. The normalized spacial score (nSPS) is 12.4. The molecule has 0 saturated carbocycles. The second-order valence-corrected chi connectivity index (χ2v) is 10.8. The van der Waals surface area contributed by atoms with Gasteiger partial charge in [-0.05, 0) is 33.1 Å². The minimum Gasteiger partial charge on any atom is -0.466 e. The first-order valence-electron chi connectivity index (χ1n) is 15.7. The predicted molar refractivity (Wildman–Crippen MR) is 160 cm³/mol. The molecule has 0 aliphatic rings. The molecule has 0 saturated heterocycles. The van der Waals surface area contributed by atoms with E-state index in [0.29, 0.717) is 24.9 Å². The lowest BCUT2D eigenvalue weighted by Gasteiger charge is -2.33. The van der Waals surface area contributed by atoms with Crippen molar-refractivity contribution in [3.05, 3.63) is 24.8 Å². The molecule has 0 aromatic rings. The van der Waals surface area contributed by atoms with Crippen LogP contribution in [0.1, 0.15) is 111 Å². The fourth-order valence-corrected chi connectivity index (χ4v) is 3.76. The third-order valence-corrected chi connectivity index (χ3v) is 6.42. The topological polar surface area (TPSA) is 78.9 Å². The van der Waals surface area contributed by atoms with E-state index in [2.05, 4.69) is 29.6 Å². The van der Waals surface area contributed by atoms with Gasteiger partial charge in [-0.25, -0.2) is 14.0 Å². The number of hydrogen-bond donors (Lipinski definition) is 0. The first-order chi connectivity index (χ1) is 22.0. The Morgan fingerprint density at radius 3 is 1.44 bits per heavy atom. The zero-order valence-corrected chi connectivity index (χ0v) is 28.1. The van der Waals surface area contributed by atoms with Crippen LogP contribution in [0.2, 0.25) is 0 Å². The number of alkyl halides is 10. The molecule has 0 aromatic carbocycles. The fourth-order valence-electron chi connectivity index (χ4n) is 3.76. The Morgan fingerprint density at radius 1 is 0.667 bits per heavy atom. The lowest BCUT2D eigenvalue weighted by molar-refractivity contribution is -0.352. The van der Waals surface area contributed by atoms with Gasteiger partial charge in [-0.1, -0.05) is 77.9 Å². The van der Waals surface area contributed by atoms with Crippen LogP contribution in [0.15, 0.2) is 24.8 Å². The predicted octanol–water partition coefficient (Wildman–Crippen LogP) is 10.5. The van der Waals surface area contributed by atoms with Crippen LogP contribution >= 0.6 is 0 Å². The van der Waals surface area contributed by atoms with E-state index < -0.39 is 62.0 Å². The van der Waals surface area contributed by atoms with Gasteiger partial charge in [0.2, 0.25) is 0 Å². The number of hydrogen-bond acceptors (Lipinski definition) is 6. The lowest BCUT2D eigenvalue weighted by Crippen LogP contribution is -2.55. The largest absolute Gasteiger partial charge is 0.466 e. The summed E-state index contributed by atoms with van der Waals surface area (Å²) in [6.07, 6.45) is -9.88. The van der Waals surface area contributed by atoms with Crippen LogP contribution in [0.5, 0.6) is 0 Å². The van der Waals surface area contributed by atoms with Crippen LogP contribution < -0.4 is 0 Å². The van der Waals surface area contributed by atoms with Crippen molar-refractivity contribution in [1.82, 2.24) is 0 Å². The standard InChI is InChI=1S/C16H30O2.C12H12F10O2.C4H8O2/c1-4-5-6-7-8-9-10-11-12-13-14-18-16(17)15(2)3;1-2-8(23)24-5-3-4-7(10(14,15)16)6-9(13,11(17,18)19)12(20,21)22;1-3-6-4(2)5/h2,4-14H2,1,3H3;2,7H,1,3-6H2;3H2,1-2H3. The number of halogens is 10. The van der Waals surface area contributed by atoms with Crippen molar-refractivity contribution < 1.29 is 72.5 Å². The minimum atomic E-state index is -6.57. The quantitative estimate of drug-likeness (QED) is 0.0410. The molecule has 0 aliphatic heterocycles. The maximum Gasteiger partial charge on any atom is 0.431 e. The van der Waals surface area contributed by atoms with E-state index in [1.165, 1.54) is 64.7 Å². The van der Waals surface area contributed by atoms with Crippen LogP contribution in [-0.4, -0.2) is 61.9 Å². The highest BCUT2D eigenvalue weighted by Crippen LogP contribution is 2.52. The van der Waals surface area contributed by atoms with Crippen LogP contribution in [0, 0.1) is 5.92 Å². The van der Waals surface area contributed by atoms with Crippen LogP contribution in [0.3, 0.4) is 0 Å². The van der Waals surface area contributed by atoms with E-state index in [4.69, 9.17) is 4.74 Å². The molecule has 0 heterocycles. The molecule has 0 fully saturated rings. The Labute approximate surface area is 276 Å². The molecule has 284 valence electrons. The molecule has 0 bridgehead atoms. The van der Waals surface area contributed by atoms with Gasteiger partial charge >= 0.3 is 36.4 Å². The van der Waals surface area contributed by atoms with Crippen LogP contribution in [-0.2, 0) is 28.6 Å². The Morgan fingerprint density at radius 2 is 1.10 bits per heavy atom. The molecule has 0 rings (SSSR count). The van der Waals surface area contributed by atoms with E-state index in [1.807, 2.05) is 0 Å². The van der Waals surface area contributed by atoms with Crippen LogP contribution in [0.25, 0.3) is 0 Å². The summed E-state index contributed by atoms with van der Waals surface area (Å²) >= 11 is 0. The average Bonchev–Trinajstić information content (AvgIpc) is 2.95. The van der Waals surface area contributed by atoms with E-state index in [-0.39, 0.29) is 11.9 Å². The molecule has 16 heteroatoms. The van der Waals surface area contributed by atoms with Crippen molar-refractivity contribution in [3.8, 4) is 0 Å². The smallest absolute Gasteiger partial charge is 0.431 e. The highest BCUT2D eigenvalue weighted by molar-refractivity contribution is 5.86. The van der Waals surface area contributed by atoms with E-state index in [0.717, 1.165) is 6.42 Å². The number of carbonyl (C=O) groups excluding carboxylic acids is 3. The lowest BCUT2D eigenvalue weighted by atomic mass is 9.87. The molecular formula is C32H50F10O6. The SMILES string of the molecule is C=C(C)C(=O)OCCCCCCCCCCCC.C=CC(=O)OCCCC(CC(F)(C(F)(F)F)C(F)(F)F)C(F)(F)F.CCOC(C)=O. The van der Waals surface area contributed by atoms with Crippen molar-refractivity contribution >= 4 is 17.9 Å². The van der Waals surface area contributed by atoms with Gasteiger partial charge in [-0.15, -0.1) is 0 Å². The summed E-state index contributed by atoms with van der Waals surface area (Å²) in [4.78, 5) is 31.5. The molecule has 0 amide bonds. The molecular weight excluding hydrogens is 670 g/mol.